The Hall–Kier alpha value is -3.29. The van der Waals surface area contributed by atoms with Gasteiger partial charge in [0.2, 0.25) is 0 Å². The van der Waals surface area contributed by atoms with Crippen molar-refractivity contribution in [2.24, 2.45) is 16.3 Å². The number of benzene rings is 1. The number of rotatable bonds is 3. The quantitative estimate of drug-likeness (QED) is 0.612. The van der Waals surface area contributed by atoms with Crippen molar-refractivity contribution in [1.82, 2.24) is 4.98 Å². The maximum Gasteiger partial charge on any atom is 0.416 e. The van der Waals surface area contributed by atoms with Gasteiger partial charge in [0, 0.05) is 35.5 Å². The van der Waals surface area contributed by atoms with Crippen LogP contribution < -0.4 is 5.32 Å². The molecule has 2 heterocycles. The molecule has 5 nitrogen and oxygen atoms in total. The molecule has 8 heteroatoms. The second-order valence-corrected chi connectivity index (χ2v) is 9.84. The molecule has 0 radical (unpaired) electrons. The average molecular weight is 470 g/mol. The Labute approximate surface area is 196 Å². The number of pyridine rings is 1. The van der Waals surface area contributed by atoms with Crippen molar-refractivity contribution in [3.05, 3.63) is 70.6 Å². The molecule has 2 atom stereocenters. The van der Waals surface area contributed by atoms with E-state index in [1.807, 2.05) is 20.8 Å². The second-order valence-electron chi connectivity index (χ2n) is 9.84. The molecule has 178 valence electrons. The summed E-state index contributed by atoms with van der Waals surface area (Å²) in [5.41, 5.74) is 1.24. The molecular formula is C26H26F3N3O2. The van der Waals surface area contributed by atoms with Gasteiger partial charge in [0.05, 0.1) is 11.5 Å². The number of allylic oxidation sites excluding steroid dienone is 1. The fourth-order valence-corrected chi connectivity index (χ4v) is 4.88. The molecule has 1 aliphatic carbocycles. The topological polar surface area (TPSA) is 71.4 Å². The molecular weight excluding hydrogens is 443 g/mol. The van der Waals surface area contributed by atoms with Gasteiger partial charge in [0.15, 0.2) is 0 Å². The molecule has 0 spiro atoms. The molecule has 0 bridgehead atoms. The first kappa shape index (κ1) is 23.9. The number of fused-ring (bicyclic) bond motifs is 1. The average Bonchev–Trinajstić information content (AvgIpc) is 2.73. The van der Waals surface area contributed by atoms with E-state index in [0.717, 1.165) is 17.7 Å². The third-order valence-electron chi connectivity index (χ3n) is 6.33. The SMILES string of the molecule is CC1=C(C(=O)Nc2ccc(C)cn2)C(c2cccc(C(F)(F)F)c2)C2C(=O)CC(C)(C)CC2=N1. The van der Waals surface area contributed by atoms with Gasteiger partial charge < -0.3 is 5.32 Å². The van der Waals surface area contributed by atoms with Crippen molar-refractivity contribution in [2.45, 2.75) is 52.6 Å². The first-order valence-electron chi connectivity index (χ1n) is 11.1. The lowest BCUT2D eigenvalue weighted by Gasteiger charge is -2.41. The number of halogens is 3. The van der Waals surface area contributed by atoms with Gasteiger partial charge in [-0.25, -0.2) is 4.98 Å². The van der Waals surface area contributed by atoms with Gasteiger partial charge in [-0.05, 0) is 48.9 Å². The number of Topliss-reactive ketones (excluding diaryl/α,β-unsaturated/α-hetero) is 1. The summed E-state index contributed by atoms with van der Waals surface area (Å²) >= 11 is 0. The Morgan fingerprint density at radius 1 is 1.09 bits per heavy atom. The van der Waals surface area contributed by atoms with E-state index >= 15 is 0 Å². The third-order valence-corrected chi connectivity index (χ3v) is 6.33. The highest BCUT2D eigenvalue weighted by Crippen LogP contribution is 2.47. The Balaban J connectivity index is 1.84. The van der Waals surface area contributed by atoms with Gasteiger partial charge in [0.25, 0.3) is 5.91 Å². The van der Waals surface area contributed by atoms with Gasteiger partial charge in [0.1, 0.15) is 11.6 Å². The van der Waals surface area contributed by atoms with E-state index in [-0.39, 0.29) is 28.8 Å². The summed E-state index contributed by atoms with van der Waals surface area (Å²) in [6.45, 7) is 7.45. The van der Waals surface area contributed by atoms with E-state index < -0.39 is 29.5 Å². The van der Waals surface area contributed by atoms with Gasteiger partial charge in [-0.1, -0.05) is 38.1 Å². The molecule has 1 saturated carbocycles. The minimum absolute atomic E-state index is 0.122. The summed E-state index contributed by atoms with van der Waals surface area (Å²) < 4.78 is 40.5. The van der Waals surface area contributed by atoms with Crippen LogP contribution in [0.15, 0.2) is 58.9 Å². The fraction of sp³-hybridized carbons (Fsp3) is 0.385. The number of ketones is 1. The zero-order valence-electron chi connectivity index (χ0n) is 19.5. The number of aryl methyl sites for hydroxylation is 1. The zero-order valence-corrected chi connectivity index (χ0v) is 19.5. The molecule has 2 unspecified atom stereocenters. The number of aliphatic imine (C=N–C) groups is 1. The number of hydrogen-bond acceptors (Lipinski definition) is 4. The van der Waals surface area contributed by atoms with E-state index in [4.69, 9.17) is 0 Å². The smallest absolute Gasteiger partial charge is 0.307 e. The molecule has 1 N–H and O–H groups in total. The molecule has 0 saturated heterocycles. The zero-order chi connectivity index (χ0) is 24.8. The van der Waals surface area contributed by atoms with Crippen molar-refractivity contribution in [1.29, 1.82) is 0 Å². The largest absolute Gasteiger partial charge is 0.416 e. The Morgan fingerprint density at radius 3 is 2.47 bits per heavy atom. The summed E-state index contributed by atoms with van der Waals surface area (Å²) in [5.74, 6) is -2.00. The number of aromatic nitrogens is 1. The van der Waals surface area contributed by atoms with Crippen LogP contribution in [0.1, 0.15) is 56.2 Å². The van der Waals surface area contributed by atoms with Gasteiger partial charge in [-0.3, -0.25) is 14.6 Å². The molecule has 34 heavy (non-hydrogen) atoms. The first-order chi connectivity index (χ1) is 15.9. The molecule has 1 aromatic heterocycles. The number of hydrogen-bond donors (Lipinski definition) is 1. The molecule has 1 aliphatic heterocycles. The van der Waals surface area contributed by atoms with Crippen LogP contribution in [-0.4, -0.2) is 22.4 Å². The van der Waals surface area contributed by atoms with Crippen LogP contribution in [0.3, 0.4) is 0 Å². The van der Waals surface area contributed by atoms with Gasteiger partial charge in [-0.15, -0.1) is 0 Å². The minimum atomic E-state index is -4.55. The summed E-state index contributed by atoms with van der Waals surface area (Å²) in [7, 11) is 0. The van der Waals surface area contributed by atoms with Crippen LogP contribution in [0.4, 0.5) is 19.0 Å². The van der Waals surface area contributed by atoms with E-state index in [1.165, 1.54) is 6.07 Å². The van der Waals surface area contributed by atoms with Crippen molar-refractivity contribution in [3.8, 4) is 0 Å². The number of alkyl halides is 3. The number of amides is 1. The molecule has 1 fully saturated rings. The predicted octanol–water partition coefficient (Wildman–Crippen LogP) is 5.87. The van der Waals surface area contributed by atoms with Crippen molar-refractivity contribution in [2.75, 3.05) is 5.32 Å². The second kappa shape index (κ2) is 8.49. The summed E-state index contributed by atoms with van der Waals surface area (Å²) in [5, 5.41) is 2.73. The maximum atomic E-state index is 13.5. The number of anilines is 1. The lowest BCUT2D eigenvalue weighted by Crippen LogP contribution is -2.44. The van der Waals surface area contributed by atoms with Crippen LogP contribution in [0.5, 0.6) is 0 Å². The van der Waals surface area contributed by atoms with Crippen LogP contribution in [0.2, 0.25) is 0 Å². The number of carbonyl (C=O) groups is 2. The van der Waals surface area contributed by atoms with Crippen molar-refractivity contribution >= 4 is 23.2 Å². The van der Waals surface area contributed by atoms with Gasteiger partial charge >= 0.3 is 6.18 Å². The minimum Gasteiger partial charge on any atom is -0.307 e. The number of carbonyl (C=O) groups excluding carboxylic acids is 2. The Kier molecular flexibility index (Phi) is 5.96. The van der Waals surface area contributed by atoms with Crippen LogP contribution >= 0.6 is 0 Å². The predicted molar refractivity (Wildman–Crippen MR) is 123 cm³/mol. The van der Waals surface area contributed by atoms with E-state index in [2.05, 4.69) is 15.3 Å². The maximum absolute atomic E-state index is 13.5. The number of nitrogens with zero attached hydrogens (tertiary/aromatic N) is 2. The van der Waals surface area contributed by atoms with Crippen LogP contribution in [0.25, 0.3) is 0 Å². The first-order valence-corrected chi connectivity index (χ1v) is 11.1. The normalized spacial score (nSPS) is 22.2. The third kappa shape index (κ3) is 4.67. The Morgan fingerprint density at radius 2 is 1.82 bits per heavy atom. The Bertz CT molecular complexity index is 1210. The highest BCUT2D eigenvalue weighted by atomic mass is 19.4. The number of nitrogens with one attached hydrogen (secondary N) is 1. The summed E-state index contributed by atoms with van der Waals surface area (Å²) in [6.07, 6.45) is -2.15. The molecule has 4 rings (SSSR count). The van der Waals surface area contributed by atoms with Crippen LogP contribution in [-0.2, 0) is 15.8 Å². The van der Waals surface area contributed by atoms with E-state index in [9.17, 15) is 22.8 Å². The molecule has 1 amide bonds. The molecule has 1 aromatic carbocycles. The highest BCUT2D eigenvalue weighted by molar-refractivity contribution is 6.14. The standard InChI is InChI=1S/C26H26F3N3O2/c1-14-8-9-20(30-13-14)32-24(34)21-15(2)31-18-11-25(3,4)12-19(33)23(18)22(21)16-6-5-7-17(10-16)26(27,28)29/h5-10,13,22-23H,11-12H2,1-4H3,(H,30,32,34). The van der Waals surface area contributed by atoms with E-state index in [1.54, 1.807) is 31.3 Å². The lowest BCUT2D eigenvalue weighted by atomic mass is 9.63. The summed E-state index contributed by atoms with van der Waals surface area (Å²) in [6, 6.07) is 8.31. The van der Waals surface area contributed by atoms with Crippen molar-refractivity contribution < 1.29 is 22.8 Å². The summed E-state index contributed by atoms with van der Waals surface area (Å²) in [4.78, 5) is 35.6. The highest BCUT2D eigenvalue weighted by Gasteiger charge is 2.47. The molecule has 2 aromatic rings. The molecule has 2 aliphatic rings. The van der Waals surface area contributed by atoms with Gasteiger partial charge in [-0.2, -0.15) is 13.2 Å². The lowest BCUT2D eigenvalue weighted by molar-refractivity contribution is -0.137. The van der Waals surface area contributed by atoms with Crippen LogP contribution in [0, 0.1) is 18.3 Å². The van der Waals surface area contributed by atoms with Crippen molar-refractivity contribution in [3.63, 3.8) is 0 Å². The fourth-order valence-electron chi connectivity index (χ4n) is 4.88. The monoisotopic (exact) mass is 469 g/mol. The van der Waals surface area contributed by atoms with E-state index in [0.29, 0.717) is 23.6 Å².